The number of hydrogen-bond acceptors (Lipinski definition) is 5. The van der Waals surface area contributed by atoms with Gasteiger partial charge >= 0.3 is 5.88 Å². The van der Waals surface area contributed by atoms with E-state index >= 15 is 0 Å². The molecule has 0 atom stereocenters. The second-order valence-corrected chi connectivity index (χ2v) is 6.05. The minimum atomic E-state index is -0.716. The number of carbonyl (C=O) groups is 1. The Morgan fingerprint density at radius 1 is 1.19 bits per heavy atom. The number of nitrogens with zero attached hydrogens (tertiary/aromatic N) is 2. The molecule has 27 heavy (non-hydrogen) atoms. The van der Waals surface area contributed by atoms with E-state index in [2.05, 4.69) is 15.3 Å². The minimum absolute atomic E-state index is 0.188. The summed E-state index contributed by atoms with van der Waals surface area (Å²) < 4.78 is 4.90. The number of imidazole rings is 1. The zero-order valence-electron chi connectivity index (χ0n) is 13.6. The molecular weight excluding hydrogens is 372 g/mol. The quantitative estimate of drug-likeness (QED) is 0.394. The predicted octanol–water partition coefficient (Wildman–Crippen LogP) is 4.64. The largest absolute Gasteiger partial charge is 0.433 e. The zero-order valence-corrected chi connectivity index (χ0v) is 14.4. The second kappa shape index (κ2) is 6.58. The van der Waals surface area contributed by atoms with Crippen LogP contribution in [0.5, 0.6) is 0 Å². The predicted molar refractivity (Wildman–Crippen MR) is 99.9 cm³/mol. The Morgan fingerprint density at radius 3 is 2.74 bits per heavy atom. The molecule has 0 aliphatic carbocycles. The first-order valence-electron chi connectivity index (χ1n) is 7.81. The number of aromatic amines is 1. The molecule has 2 heterocycles. The van der Waals surface area contributed by atoms with Gasteiger partial charge in [0.1, 0.15) is 10.7 Å². The molecule has 0 saturated carbocycles. The highest BCUT2D eigenvalue weighted by atomic mass is 35.5. The van der Waals surface area contributed by atoms with Crippen LogP contribution in [-0.4, -0.2) is 20.8 Å². The van der Waals surface area contributed by atoms with E-state index in [1.165, 1.54) is 6.07 Å². The molecule has 2 N–H and O–H groups in total. The van der Waals surface area contributed by atoms with Gasteiger partial charge in [-0.1, -0.05) is 23.7 Å². The summed E-state index contributed by atoms with van der Waals surface area (Å²) in [5.74, 6) is -0.724. The molecular formula is C18H11ClN4O4. The van der Waals surface area contributed by atoms with Crippen LogP contribution in [0.3, 0.4) is 0 Å². The van der Waals surface area contributed by atoms with E-state index in [9.17, 15) is 14.9 Å². The number of halogens is 1. The number of fused-ring (bicyclic) bond motifs is 1. The molecule has 0 unspecified atom stereocenters. The Balaban J connectivity index is 1.63. The van der Waals surface area contributed by atoms with Gasteiger partial charge in [0.05, 0.1) is 27.8 Å². The maximum atomic E-state index is 12.3. The highest BCUT2D eigenvalue weighted by Gasteiger charge is 2.18. The van der Waals surface area contributed by atoms with Crippen molar-refractivity contribution in [3.8, 4) is 11.4 Å². The third-order valence-electron chi connectivity index (χ3n) is 3.87. The Labute approximate surface area is 156 Å². The molecule has 0 bridgehead atoms. The number of H-pyrrole nitrogens is 1. The highest BCUT2D eigenvalue weighted by Crippen LogP contribution is 2.29. The average molecular weight is 383 g/mol. The summed E-state index contributed by atoms with van der Waals surface area (Å²) in [5.41, 5.74) is 2.75. The lowest BCUT2D eigenvalue weighted by molar-refractivity contribution is -0.402. The van der Waals surface area contributed by atoms with Crippen molar-refractivity contribution >= 4 is 40.1 Å². The topological polar surface area (TPSA) is 114 Å². The summed E-state index contributed by atoms with van der Waals surface area (Å²) in [5, 5.41) is 13.6. The lowest BCUT2D eigenvalue weighted by Crippen LogP contribution is -2.11. The van der Waals surface area contributed by atoms with Crippen molar-refractivity contribution in [2.24, 2.45) is 0 Å². The molecule has 0 saturated heterocycles. The van der Waals surface area contributed by atoms with E-state index in [-0.39, 0.29) is 5.76 Å². The number of anilines is 1. The normalized spacial score (nSPS) is 10.9. The van der Waals surface area contributed by atoms with E-state index in [0.717, 1.165) is 22.7 Å². The van der Waals surface area contributed by atoms with Crippen LogP contribution in [0, 0.1) is 10.1 Å². The van der Waals surface area contributed by atoms with E-state index in [4.69, 9.17) is 16.0 Å². The van der Waals surface area contributed by atoms with Gasteiger partial charge in [-0.2, -0.15) is 0 Å². The van der Waals surface area contributed by atoms with Gasteiger partial charge in [-0.15, -0.1) is 0 Å². The molecule has 0 radical (unpaired) electrons. The molecule has 0 spiro atoms. The van der Waals surface area contributed by atoms with Crippen molar-refractivity contribution in [1.82, 2.24) is 9.97 Å². The molecule has 0 aliphatic heterocycles. The number of para-hydroxylation sites is 2. The van der Waals surface area contributed by atoms with Gasteiger partial charge in [0.2, 0.25) is 0 Å². The third-order valence-corrected chi connectivity index (χ3v) is 4.20. The first-order chi connectivity index (χ1) is 13.0. The number of carbonyl (C=O) groups excluding carboxylic acids is 1. The number of nitrogens with one attached hydrogen (secondary N) is 2. The van der Waals surface area contributed by atoms with Gasteiger partial charge in [-0.25, -0.2) is 4.98 Å². The molecule has 9 heteroatoms. The van der Waals surface area contributed by atoms with Gasteiger partial charge in [0.15, 0.2) is 5.76 Å². The van der Waals surface area contributed by atoms with Crippen LogP contribution >= 0.6 is 11.6 Å². The first kappa shape index (κ1) is 16.8. The molecule has 0 fully saturated rings. The van der Waals surface area contributed by atoms with Gasteiger partial charge in [-0.3, -0.25) is 14.9 Å². The van der Waals surface area contributed by atoms with Crippen LogP contribution in [-0.2, 0) is 0 Å². The average Bonchev–Trinajstić information content (AvgIpc) is 3.30. The van der Waals surface area contributed by atoms with Gasteiger partial charge in [0, 0.05) is 5.56 Å². The Kier molecular flexibility index (Phi) is 4.09. The van der Waals surface area contributed by atoms with E-state index in [1.54, 1.807) is 18.2 Å². The Hall–Kier alpha value is -3.65. The number of hydrogen-bond donors (Lipinski definition) is 2. The summed E-state index contributed by atoms with van der Waals surface area (Å²) >= 11 is 6.17. The van der Waals surface area contributed by atoms with Crippen LogP contribution < -0.4 is 5.32 Å². The van der Waals surface area contributed by atoms with Crippen molar-refractivity contribution in [1.29, 1.82) is 0 Å². The fraction of sp³-hybridized carbons (Fsp3) is 0. The lowest BCUT2D eigenvalue weighted by atomic mass is 10.2. The van der Waals surface area contributed by atoms with Crippen molar-refractivity contribution in [3.05, 3.63) is 75.5 Å². The standard InChI is InChI=1S/C18H11ClN4O4/c19-11-6-5-10(17-20-12-3-1-2-4-13(12)21-17)9-14(11)22-18(24)15-7-8-16(27-15)23(25)26/h1-9H,(H,20,21)(H,22,24). The fourth-order valence-electron chi connectivity index (χ4n) is 2.59. The summed E-state index contributed by atoms with van der Waals surface area (Å²) in [6.07, 6.45) is 0. The van der Waals surface area contributed by atoms with Crippen LogP contribution in [0.4, 0.5) is 11.6 Å². The van der Waals surface area contributed by atoms with Gasteiger partial charge in [-0.05, 0) is 36.4 Å². The maximum Gasteiger partial charge on any atom is 0.433 e. The lowest BCUT2D eigenvalue weighted by Gasteiger charge is -2.07. The highest BCUT2D eigenvalue weighted by molar-refractivity contribution is 6.34. The first-order valence-corrected chi connectivity index (χ1v) is 8.19. The van der Waals surface area contributed by atoms with E-state index < -0.39 is 16.7 Å². The summed E-state index contributed by atoms with van der Waals surface area (Å²) in [4.78, 5) is 29.9. The van der Waals surface area contributed by atoms with Crippen molar-refractivity contribution < 1.29 is 14.1 Å². The monoisotopic (exact) mass is 382 g/mol. The molecule has 4 rings (SSSR count). The molecule has 4 aromatic rings. The maximum absolute atomic E-state index is 12.3. The molecule has 8 nitrogen and oxygen atoms in total. The minimum Gasteiger partial charge on any atom is -0.395 e. The number of benzene rings is 2. The number of amides is 1. The van der Waals surface area contributed by atoms with Gasteiger partial charge < -0.3 is 14.7 Å². The fourth-order valence-corrected chi connectivity index (χ4v) is 2.75. The molecule has 2 aromatic heterocycles. The SMILES string of the molecule is O=C(Nc1cc(-c2nc3ccccc3[nH]2)ccc1Cl)c1ccc([N+](=O)[O-])o1. The Bertz CT molecular complexity index is 1150. The third kappa shape index (κ3) is 3.25. The van der Waals surface area contributed by atoms with Crippen LogP contribution in [0.2, 0.25) is 5.02 Å². The molecule has 1 amide bonds. The molecule has 134 valence electrons. The number of nitro groups is 1. The van der Waals surface area contributed by atoms with Crippen LogP contribution in [0.1, 0.15) is 10.6 Å². The number of furan rings is 1. The Morgan fingerprint density at radius 2 is 2.00 bits per heavy atom. The summed E-state index contributed by atoms with van der Waals surface area (Å²) in [6.45, 7) is 0. The van der Waals surface area contributed by atoms with Crippen LogP contribution in [0.25, 0.3) is 22.4 Å². The zero-order chi connectivity index (χ0) is 19.0. The van der Waals surface area contributed by atoms with Crippen molar-refractivity contribution in [2.75, 3.05) is 5.32 Å². The van der Waals surface area contributed by atoms with E-state index in [1.807, 2.05) is 24.3 Å². The smallest absolute Gasteiger partial charge is 0.395 e. The number of rotatable bonds is 4. The summed E-state index contributed by atoms with van der Waals surface area (Å²) in [6, 6.07) is 15.0. The van der Waals surface area contributed by atoms with Gasteiger partial charge in [0.25, 0.3) is 5.91 Å². The van der Waals surface area contributed by atoms with E-state index in [0.29, 0.717) is 16.5 Å². The summed E-state index contributed by atoms with van der Waals surface area (Å²) in [7, 11) is 0. The molecule has 2 aromatic carbocycles. The van der Waals surface area contributed by atoms with Crippen LogP contribution in [0.15, 0.2) is 59.0 Å². The number of aromatic nitrogens is 2. The van der Waals surface area contributed by atoms with Crippen molar-refractivity contribution in [2.45, 2.75) is 0 Å². The van der Waals surface area contributed by atoms with Crippen molar-refractivity contribution in [3.63, 3.8) is 0 Å². The second-order valence-electron chi connectivity index (χ2n) is 5.65. The molecule has 0 aliphatic rings.